The molecule has 0 spiro atoms. The highest BCUT2D eigenvalue weighted by atomic mass is 16.7. The summed E-state index contributed by atoms with van der Waals surface area (Å²) in [6.45, 7) is 3.46. The lowest BCUT2D eigenvalue weighted by molar-refractivity contribution is -0.303. The van der Waals surface area contributed by atoms with Crippen molar-refractivity contribution in [1.82, 2.24) is 5.32 Å². The van der Waals surface area contributed by atoms with Gasteiger partial charge in [0, 0.05) is 0 Å². The average Bonchev–Trinajstić information content (AvgIpc) is 3.26. The third-order valence-corrected chi connectivity index (χ3v) is 12.9. The molecule has 0 radical (unpaired) electrons. The van der Waals surface area contributed by atoms with Crippen molar-refractivity contribution in [2.24, 2.45) is 0 Å². The SMILES string of the molecule is CCCCCCCCCCCCCCCCCCCCCCCC[C@@H](O)C(=O)N[C@@H](CO[C@H]1O[C@@H](CO)[C@H](O)[C@H](O)[C@@H]1O)[C@H](O)[C@H](O)CCCCCCCCCCCCCC. The largest absolute Gasteiger partial charge is 0.394 e. The first-order chi connectivity index (χ1) is 29.7. The molecule has 0 aliphatic carbocycles. The molecule has 364 valence electrons. The lowest BCUT2D eigenvalue weighted by atomic mass is 9.98. The summed E-state index contributed by atoms with van der Waals surface area (Å²) in [5.41, 5.74) is 0. The number of carbonyl (C=O) groups is 1. The van der Waals surface area contributed by atoms with Crippen LogP contribution >= 0.6 is 0 Å². The minimum absolute atomic E-state index is 0.267. The molecule has 9 atom stereocenters. The second-order valence-corrected chi connectivity index (χ2v) is 18.6. The van der Waals surface area contributed by atoms with E-state index in [9.17, 15) is 40.5 Å². The predicted octanol–water partition coefficient (Wildman–Crippen LogP) is 9.45. The topological polar surface area (TPSA) is 189 Å². The number of carbonyl (C=O) groups excluding carboxylic acids is 1. The molecule has 0 aromatic rings. The minimum Gasteiger partial charge on any atom is -0.394 e. The number of nitrogens with one attached hydrogen (secondary N) is 1. The van der Waals surface area contributed by atoms with Crippen molar-refractivity contribution < 1.29 is 50.0 Å². The molecule has 1 amide bonds. The zero-order valence-corrected chi connectivity index (χ0v) is 39.4. The van der Waals surface area contributed by atoms with Gasteiger partial charge in [-0.1, -0.05) is 232 Å². The summed E-state index contributed by atoms with van der Waals surface area (Å²) in [4.78, 5) is 13.1. The fraction of sp³-hybridized carbons (Fsp3) is 0.980. The zero-order valence-electron chi connectivity index (χ0n) is 39.4. The Morgan fingerprint density at radius 2 is 0.852 bits per heavy atom. The highest BCUT2D eigenvalue weighted by Gasteiger charge is 2.44. The quantitative estimate of drug-likeness (QED) is 0.0274. The minimum atomic E-state index is -1.66. The van der Waals surface area contributed by atoms with Gasteiger partial charge in [-0.25, -0.2) is 0 Å². The van der Waals surface area contributed by atoms with Crippen LogP contribution in [0.25, 0.3) is 0 Å². The van der Waals surface area contributed by atoms with Gasteiger partial charge in [-0.3, -0.25) is 4.79 Å². The van der Waals surface area contributed by atoms with Gasteiger partial charge in [0.05, 0.1) is 25.4 Å². The van der Waals surface area contributed by atoms with Gasteiger partial charge in [-0.05, 0) is 12.8 Å². The molecule has 1 heterocycles. The first-order valence-electron chi connectivity index (χ1n) is 25.9. The van der Waals surface area contributed by atoms with Crippen LogP contribution in [0.3, 0.4) is 0 Å². The van der Waals surface area contributed by atoms with E-state index >= 15 is 0 Å². The Morgan fingerprint density at radius 3 is 1.21 bits per heavy atom. The molecule has 1 aliphatic heterocycles. The molecule has 8 N–H and O–H groups in total. The summed E-state index contributed by atoms with van der Waals surface area (Å²) in [7, 11) is 0. The number of unbranched alkanes of at least 4 members (excludes halogenated alkanes) is 32. The molecule has 61 heavy (non-hydrogen) atoms. The molecule has 0 unspecified atom stereocenters. The number of aliphatic hydroxyl groups is 7. The first kappa shape index (κ1) is 58.1. The number of rotatable bonds is 44. The van der Waals surface area contributed by atoms with E-state index in [1.165, 1.54) is 167 Å². The van der Waals surface area contributed by atoms with Gasteiger partial charge in [-0.2, -0.15) is 0 Å². The monoisotopic (exact) mass is 874 g/mol. The van der Waals surface area contributed by atoms with E-state index in [0.29, 0.717) is 19.3 Å². The van der Waals surface area contributed by atoms with Gasteiger partial charge in [0.15, 0.2) is 6.29 Å². The van der Waals surface area contributed by atoms with Crippen LogP contribution in [0, 0.1) is 0 Å². The van der Waals surface area contributed by atoms with Crippen molar-refractivity contribution >= 4 is 5.91 Å². The average molecular weight is 874 g/mol. The van der Waals surface area contributed by atoms with E-state index in [0.717, 1.165) is 38.5 Å². The highest BCUT2D eigenvalue weighted by molar-refractivity contribution is 5.80. The number of ether oxygens (including phenoxy) is 2. The summed E-state index contributed by atoms with van der Waals surface area (Å²) in [6, 6.07) is -1.16. The first-order valence-corrected chi connectivity index (χ1v) is 25.9. The summed E-state index contributed by atoms with van der Waals surface area (Å²) in [6.07, 6.45) is 31.6. The Kier molecular flexibility index (Phi) is 38.7. The third-order valence-electron chi connectivity index (χ3n) is 12.9. The van der Waals surface area contributed by atoms with Crippen LogP contribution in [-0.4, -0.2) is 110 Å². The van der Waals surface area contributed by atoms with Gasteiger partial charge in [0.25, 0.3) is 0 Å². The molecule has 1 fully saturated rings. The number of hydrogen-bond donors (Lipinski definition) is 8. The van der Waals surface area contributed by atoms with Crippen LogP contribution in [0.1, 0.15) is 245 Å². The van der Waals surface area contributed by atoms with Crippen LogP contribution in [0.15, 0.2) is 0 Å². The van der Waals surface area contributed by atoms with Crippen LogP contribution in [0.4, 0.5) is 0 Å². The number of aliphatic hydroxyl groups excluding tert-OH is 7. The Bertz CT molecular complexity index is 959. The number of amides is 1. The van der Waals surface area contributed by atoms with Crippen molar-refractivity contribution in [2.45, 2.75) is 300 Å². The van der Waals surface area contributed by atoms with Crippen molar-refractivity contribution in [3.8, 4) is 0 Å². The molecule has 11 nitrogen and oxygen atoms in total. The van der Waals surface area contributed by atoms with Gasteiger partial charge in [0.1, 0.15) is 36.6 Å². The Hall–Kier alpha value is -0.890. The van der Waals surface area contributed by atoms with E-state index < -0.39 is 74.2 Å². The van der Waals surface area contributed by atoms with E-state index in [-0.39, 0.29) is 6.42 Å². The lowest BCUT2D eigenvalue weighted by Crippen LogP contribution is -2.60. The predicted molar refractivity (Wildman–Crippen MR) is 247 cm³/mol. The molecular formula is C50H99NO10. The Morgan fingerprint density at radius 1 is 0.508 bits per heavy atom. The fourth-order valence-corrected chi connectivity index (χ4v) is 8.62. The summed E-state index contributed by atoms with van der Waals surface area (Å²) in [5.74, 6) is -0.692. The van der Waals surface area contributed by atoms with E-state index in [1.54, 1.807) is 0 Å². The third kappa shape index (κ3) is 30.0. The summed E-state index contributed by atoms with van der Waals surface area (Å²) in [5, 5.41) is 75.8. The van der Waals surface area contributed by atoms with E-state index in [4.69, 9.17) is 9.47 Å². The molecule has 1 aliphatic rings. The van der Waals surface area contributed by atoms with Crippen LogP contribution < -0.4 is 5.32 Å². The highest BCUT2D eigenvalue weighted by Crippen LogP contribution is 2.23. The summed E-state index contributed by atoms with van der Waals surface area (Å²) < 4.78 is 11.1. The maximum absolute atomic E-state index is 13.1. The van der Waals surface area contributed by atoms with Crippen molar-refractivity contribution in [1.29, 1.82) is 0 Å². The molecule has 1 rings (SSSR count). The second-order valence-electron chi connectivity index (χ2n) is 18.6. The summed E-state index contributed by atoms with van der Waals surface area (Å²) >= 11 is 0. The smallest absolute Gasteiger partial charge is 0.249 e. The molecule has 0 bridgehead atoms. The standard InChI is InChI=1S/C50H99NO10/c1-3-5-7-9-11-13-15-17-18-19-20-21-22-23-24-25-26-28-30-32-34-36-38-43(54)49(59)51-41(40-60-50-48(58)47(57)46(56)44(39-52)61-50)45(55)42(53)37-35-33-31-29-27-16-14-12-10-8-6-4-2/h41-48,50,52-58H,3-40H2,1-2H3,(H,51,59)/t41-,42+,43+,44-,45-,46-,47-,48-,50-/m0/s1. The number of hydrogen-bond acceptors (Lipinski definition) is 10. The van der Waals surface area contributed by atoms with Crippen LogP contribution in [0.2, 0.25) is 0 Å². The molecule has 1 saturated heterocycles. The van der Waals surface area contributed by atoms with Crippen molar-refractivity contribution in [3.63, 3.8) is 0 Å². The van der Waals surface area contributed by atoms with Crippen LogP contribution in [-0.2, 0) is 14.3 Å². The van der Waals surface area contributed by atoms with Gasteiger partial charge in [0.2, 0.25) is 5.91 Å². The molecular weight excluding hydrogens is 775 g/mol. The molecule has 0 saturated carbocycles. The Balaban J connectivity index is 2.32. The Labute approximate surface area is 373 Å². The van der Waals surface area contributed by atoms with Gasteiger partial charge < -0.3 is 50.5 Å². The zero-order chi connectivity index (χ0) is 44.8. The van der Waals surface area contributed by atoms with Crippen LogP contribution in [0.5, 0.6) is 0 Å². The lowest BCUT2D eigenvalue weighted by Gasteiger charge is -2.40. The fourth-order valence-electron chi connectivity index (χ4n) is 8.62. The second kappa shape index (κ2) is 40.6. The maximum Gasteiger partial charge on any atom is 0.249 e. The van der Waals surface area contributed by atoms with Crippen molar-refractivity contribution in [3.05, 3.63) is 0 Å². The maximum atomic E-state index is 13.1. The van der Waals surface area contributed by atoms with Gasteiger partial charge in [-0.15, -0.1) is 0 Å². The van der Waals surface area contributed by atoms with E-state index in [1.807, 2.05) is 0 Å². The normalized spacial score (nSPS) is 21.4. The van der Waals surface area contributed by atoms with E-state index in [2.05, 4.69) is 19.2 Å². The molecule has 0 aromatic carbocycles. The van der Waals surface area contributed by atoms with Gasteiger partial charge >= 0.3 is 0 Å². The molecule has 0 aromatic heterocycles. The molecule has 11 heteroatoms. The van der Waals surface area contributed by atoms with Crippen molar-refractivity contribution in [2.75, 3.05) is 13.2 Å².